The highest BCUT2D eigenvalue weighted by molar-refractivity contribution is 7.89. The van der Waals surface area contributed by atoms with E-state index in [1.807, 2.05) is 26.8 Å². The molecule has 0 heterocycles. The Bertz CT molecular complexity index is 1270. The molecule has 0 atom stereocenters. The minimum atomic E-state index is -3.56. The first-order chi connectivity index (χ1) is 16.1. The SMILES string of the molecule is Cc1ccc(C(=O)NCc2ccc(S(=O)(=O)N(C)C(C)C)cc2)cc1NC(=O)c1ccccc1. The molecular formula is C26H29N3O4S. The Morgan fingerprint density at radius 1 is 0.882 bits per heavy atom. The van der Waals surface area contributed by atoms with Gasteiger partial charge >= 0.3 is 0 Å². The number of nitrogens with one attached hydrogen (secondary N) is 2. The summed E-state index contributed by atoms with van der Waals surface area (Å²) in [7, 11) is -2.01. The summed E-state index contributed by atoms with van der Waals surface area (Å²) in [6.07, 6.45) is 0. The first-order valence-electron chi connectivity index (χ1n) is 10.9. The van der Waals surface area contributed by atoms with Crippen LogP contribution in [0.1, 0.15) is 45.7 Å². The van der Waals surface area contributed by atoms with Gasteiger partial charge in [-0.3, -0.25) is 9.59 Å². The Kier molecular flexibility index (Phi) is 7.86. The Hall–Kier alpha value is -3.49. The van der Waals surface area contributed by atoms with Crippen LogP contribution < -0.4 is 10.6 Å². The number of sulfonamides is 1. The van der Waals surface area contributed by atoms with Crippen LogP contribution in [0.2, 0.25) is 0 Å². The van der Waals surface area contributed by atoms with Crippen molar-refractivity contribution in [3.8, 4) is 0 Å². The number of carbonyl (C=O) groups is 2. The van der Waals surface area contributed by atoms with Gasteiger partial charge in [0, 0.05) is 36.4 Å². The maximum absolute atomic E-state index is 12.7. The average molecular weight is 480 g/mol. The highest BCUT2D eigenvalue weighted by Gasteiger charge is 2.22. The van der Waals surface area contributed by atoms with E-state index < -0.39 is 10.0 Å². The number of hydrogen-bond acceptors (Lipinski definition) is 4. The second-order valence-electron chi connectivity index (χ2n) is 8.29. The Morgan fingerprint density at radius 2 is 1.53 bits per heavy atom. The van der Waals surface area contributed by atoms with Crippen molar-refractivity contribution in [3.05, 3.63) is 95.1 Å². The van der Waals surface area contributed by atoms with Gasteiger partial charge in [0.25, 0.3) is 11.8 Å². The number of amides is 2. The lowest BCUT2D eigenvalue weighted by molar-refractivity contribution is 0.0949. The van der Waals surface area contributed by atoms with Gasteiger partial charge in [0.1, 0.15) is 0 Å². The van der Waals surface area contributed by atoms with Crippen LogP contribution in [0.15, 0.2) is 77.7 Å². The van der Waals surface area contributed by atoms with Gasteiger partial charge in [-0.15, -0.1) is 0 Å². The molecule has 0 spiro atoms. The Labute approximate surface area is 200 Å². The highest BCUT2D eigenvalue weighted by atomic mass is 32.2. The molecule has 0 saturated carbocycles. The lowest BCUT2D eigenvalue weighted by Gasteiger charge is -2.21. The lowest BCUT2D eigenvalue weighted by Crippen LogP contribution is -2.33. The van der Waals surface area contributed by atoms with Gasteiger partial charge in [-0.05, 0) is 68.3 Å². The molecule has 3 aromatic rings. The molecule has 2 N–H and O–H groups in total. The first kappa shape index (κ1) is 25.1. The minimum Gasteiger partial charge on any atom is -0.348 e. The van der Waals surface area contributed by atoms with E-state index in [4.69, 9.17) is 0 Å². The molecule has 0 aliphatic heterocycles. The van der Waals surface area contributed by atoms with Crippen molar-refractivity contribution in [3.63, 3.8) is 0 Å². The van der Waals surface area contributed by atoms with Crippen LogP contribution in [0.3, 0.4) is 0 Å². The highest BCUT2D eigenvalue weighted by Crippen LogP contribution is 2.19. The third kappa shape index (κ3) is 5.89. The second kappa shape index (κ2) is 10.6. The monoisotopic (exact) mass is 479 g/mol. The minimum absolute atomic E-state index is 0.152. The topological polar surface area (TPSA) is 95.6 Å². The van der Waals surface area contributed by atoms with Gasteiger partial charge in [-0.25, -0.2) is 8.42 Å². The van der Waals surface area contributed by atoms with E-state index in [0.29, 0.717) is 16.8 Å². The quantitative estimate of drug-likeness (QED) is 0.506. The number of benzene rings is 3. The molecule has 0 saturated heterocycles. The third-order valence-electron chi connectivity index (χ3n) is 5.56. The summed E-state index contributed by atoms with van der Waals surface area (Å²) in [5.74, 6) is -0.550. The van der Waals surface area contributed by atoms with Crippen molar-refractivity contribution in [1.29, 1.82) is 0 Å². The summed E-state index contributed by atoms with van der Waals surface area (Å²) in [5.41, 5.74) is 3.10. The Balaban J connectivity index is 1.66. The molecule has 0 aromatic heterocycles. The molecule has 3 aromatic carbocycles. The number of nitrogens with zero attached hydrogens (tertiary/aromatic N) is 1. The van der Waals surface area contributed by atoms with Gasteiger partial charge in [0.05, 0.1) is 4.90 Å². The van der Waals surface area contributed by atoms with E-state index >= 15 is 0 Å². The molecule has 0 fully saturated rings. The maximum atomic E-state index is 12.7. The molecule has 178 valence electrons. The summed E-state index contributed by atoms with van der Waals surface area (Å²) in [6.45, 7) is 5.71. The summed E-state index contributed by atoms with van der Waals surface area (Å²) < 4.78 is 26.5. The largest absolute Gasteiger partial charge is 0.348 e. The molecular weight excluding hydrogens is 450 g/mol. The molecule has 0 bridgehead atoms. The smallest absolute Gasteiger partial charge is 0.255 e. The van der Waals surface area contributed by atoms with Crippen LogP contribution in [0.5, 0.6) is 0 Å². The number of aryl methyl sites for hydroxylation is 1. The predicted octanol–water partition coefficient (Wildman–Crippen LogP) is 4.21. The average Bonchev–Trinajstić information content (AvgIpc) is 2.84. The zero-order valence-electron chi connectivity index (χ0n) is 19.7. The molecule has 3 rings (SSSR count). The molecule has 34 heavy (non-hydrogen) atoms. The van der Waals surface area contributed by atoms with E-state index in [-0.39, 0.29) is 29.3 Å². The number of carbonyl (C=O) groups excluding carboxylic acids is 2. The maximum Gasteiger partial charge on any atom is 0.255 e. The Morgan fingerprint density at radius 3 is 2.15 bits per heavy atom. The number of anilines is 1. The van der Waals surface area contributed by atoms with E-state index in [1.54, 1.807) is 73.8 Å². The zero-order chi connectivity index (χ0) is 24.9. The molecule has 7 nitrogen and oxygen atoms in total. The van der Waals surface area contributed by atoms with Crippen LogP contribution in [-0.2, 0) is 16.6 Å². The lowest BCUT2D eigenvalue weighted by atomic mass is 10.1. The van der Waals surface area contributed by atoms with Crippen molar-refractivity contribution in [2.45, 2.75) is 38.3 Å². The van der Waals surface area contributed by atoms with Crippen LogP contribution >= 0.6 is 0 Å². The first-order valence-corrected chi connectivity index (χ1v) is 12.4. The summed E-state index contributed by atoms with van der Waals surface area (Å²) in [6, 6.07) is 20.3. The van der Waals surface area contributed by atoms with Crippen molar-refractivity contribution in [2.24, 2.45) is 0 Å². The van der Waals surface area contributed by atoms with Crippen molar-refractivity contribution < 1.29 is 18.0 Å². The number of hydrogen-bond donors (Lipinski definition) is 2. The fourth-order valence-corrected chi connectivity index (χ4v) is 4.56. The van der Waals surface area contributed by atoms with Crippen LogP contribution in [0.4, 0.5) is 5.69 Å². The van der Waals surface area contributed by atoms with Crippen molar-refractivity contribution in [1.82, 2.24) is 9.62 Å². The molecule has 0 radical (unpaired) electrons. The zero-order valence-corrected chi connectivity index (χ0v) is 20.5. The number of rotatable bonds is 8. The van der Waals surface area contributed by atoms with E-state index in [0.717, 1.165) is 11.1 Å². The normalized spacial score (nSPS) is 11.5. The van der Waals surface area contributed by atoms with Gasteiger partial charge in [0.15, 0.2) is 0 Å². The van der Waals surface area contributed by atoms with Gasteiger partial charge in [0.2, 0.25) is 10.0 Å². The van der Waals surface area contributed by atoms with Gasteiger partial charge in [-0.1, -0.05) is 36.4 Å². The molecule has 2 amide bonds. The van der Waals surface area contributed by atoms with Gasteiger partial charge < -0.3 is 10.6 Å². The van der Waals surface area contributed by atoms with Crippen LogP contribution in [-0.4, -0.2) is 37.6 Å². The predicted molar refractivity (Wildman–Crippen MR) is 133 cm³/mol. The summed E-state index contributed by atoms with van der Waals surface area (Å²) >= 11 is 0. The van der Waals surface area contributed by atoms with E-state index in [2.05, 4.69) is 10.6 Å². The summed E-state index contributed by atoms with van der Waals surface area (Å²) in [4.78, 5) is 25.4. The molecule has 0 unspecified atom stereocenters. The van der Waals surface area contributed by atoms with Crippen molar-refractivity contribution >= 4 is 27.5 Å². The standard InChI is InChI=1S/C26H29N3O4S/c1-18(2)29(4)34(32,33)23-14-11-20(12-15-23)17-27-25(30)22-13-10-19(3)24(16-22)28-26(31)21-8-6-5-7-9-21/h5-16,18H,17H2,1-4H3,(H,27,30)(H,28,31). The molecule has 0 aliphatic rings. The van der Waals surface area contributed by atoms with Crippen LogP contribution in [0.25, 0.3) is 0 Å². The molecule has 0 aliphatic carbocycles. The van der Waals surface area contributed by atoms with E-state index in [9.17, 15) is 18.0 Å². The molecule has 8 heteroatoms. The summed E-state index contributed by atoms with van der Waals surface area (Å²) in [5, 5.41) is 5.69. The van der Waals surface area contributed by atoms with Crippen LogP contribution in [0, 0.1) is 6.92 Å². The van der Waals surface area contributed by atoms with Crippen molar-refractivity contribution in [2.75, 3.05) is 12.4 Å². The van der Waals surface area contributed by atoms with Gasteiger partial charge in [-0.2, -0.15) is 4.31 Å². The van der Waals surface area contributed by atoms with E-state index in [1.165, 1.54) is 4.31 Å². The third-order valence-corrected chi connectivity index (χ3v) is 7.61. The second-order valence-corrected chi connectivity index (χ2v) is 10.3. The fraction of sp³-hybridized carbons (Fsp3) is 0.231. The fourth-order valence-electron chi connectivity index (χ4n) is 3.19.